The third-order valence-corrected chi connectivity index (χ3v) is 3.99. The van der Waals surface area contributed by atoms with Gasteiger partial charge in [0.25, 0.3) is 0 Å². The summed E-state index contributed by atoms with van der Waals surface area (Å²) in [7, 11) is 0. The number of aromatic carboxylic acids is 1. The summed E-state index contributed by atoms with van der Waals surface area (Å²) in [5.74, 6) is -1.56. The van der Waals surface area contributed by atoms with Gasteiger partial charge in [-0.1, -0.05) is 24.3 Å². The van der Waals surface area contributed by atoms with E-state index in [2.05, 4.69) is 5.32 Å². The third kappa shape index (κ3) is 4.19. The molecule has 0 aliphatic rings. The second-order valence-corrected chi connectivity index (χ2v) is 6.15. The van der Waals surface area contributed by atoms with Crippen LogP contribution in [0, 0.1) is 5.82 Å². The molecule has 0 saturated heterocycles. The molecule has 2 N–H and O–H groups in total. The van der Waals surface area contributed by atoms with Crippen LogP contribution in [-0.4, -0.2) is 23.5 Å². The normalized spacial score (nSPS) is 11.1. The highest BCUT2D eigenvalue weighted by Crippen LogP contribution is 2.23. The van der Waals surface area contributed by atoms with E-state index in [4.69, 9.17) is 5.11 Å². The zero-order valence-corrected chi connectivity index (χ0v) is 13.7. The van der Waals surface area contributed by atoms with Crippen molar-refractivity contribution in [2.75, 3.05) is 6.54 Å². The standard InChI is InChI=1S/C19H20FNO3/c1-19(2,15-7-4-8-16(20)12-15)18(24)21-10-9-13-5-3-6-14(11-13)17(22)23/h3-8,11-12H,9-10H2,1-2H3,(H,21,24)(H,22,23). The van der Waals surface area contributed by atoms with Crippen molar-refractivity contribution in [2.24, 2.45) is 0 Å². The molecule has 1 amide bonds. The smallest absolute Gasteiger partial charge is 0.335 e. The first-order valence-corrected chi connectivity index (χ1v) is 7.67. The highest BCUT2D eigenvalue weighted by atomic mass is 19.1. The summed E-state index contributed by atoms with van der Waals surface area (Å²) in [4.78, 5) is 23.4. The Labute approximate surface area is 140 Å². The number of halogens is 1. The van der Waals surface area contributed by atoms with E-state index in [0.717, 1.165) is 5.56 Å². The van der Waals surface area contributed by atoms with E-state index in [1.165, 1.54) is 18.2 Å². The lowest BCUT2D eigenvalue weighted by atomic mass is 9.83. The topological polar surface area (TPSA) is 66.4 Å². The van der Waals surface area contributed by atoms with Crippen molar-refractivity contribution >= 4 is 11.9 Å². The number of carbonyl (C=O) groups excluding carboxylic acids is 1. The second kappa shape index (κ2) is 7.25. The van der Waals surface area contributed by atoms with Gasteiger partial charge in [0.05, 0.1) is 11.0 Å². The molecule has 0 saturated carbocycles. The van der Waals surface area contributed by atoms with E-state index in [0.29, 0.717) is 18.5 Å². The molecule has 0 aliphatic carbocycles. The minimum Gasteiger partial charge on any atom is -0.478 e. The van der Waals surface area contributed by atoms with Crippen LogP contribution in [0.3, 0.4) is 0 Å². The maximum atomic E-state index is 13.4. The first-order valence-electron chi connectivity index (χ1n) is 7.67. The Hall–Kier alpha value is -2.69. The lowest BCUT2D eigenvalue weighted by Crippen LogP contribution is -2.41. The Bertz CT molecular complexity index is 756. The van der Waals surface area contributed by atoms with Gasteiger partial charge in [-0.3, -0.25) is 4.79 Å². The minimum atomic E-state index is -0.979. The van der Waals surface area contributed by atoms with Gasteiger partial charge in [-0.2, -0.15) is 0 Å². The van der Waals surface area contributed by atoms with Gasteiger partial charge in [-0.25, -0.2) is 9.18 Å². The highest BCUT2D eigenvalue weighted by molar-refractivity contribution is 5.88. The number of carbonyl (C=O) groups is 2. The Balaban J connectivity index is 1.98. The second-order valence-electron chi connectivity index (χ2n) is 6.15. The first kappa shape index (κ1) is 17.7. The number of rotatable bonds is 6. The molecule has 0 fully saturated rings. The van der Waals surface area contributed by atoms with Crippen molar-refractivity contribution in [3.63, 3.8) is 0 Å². The Morgan fingerprint density at radius 2 is 1.83 bits per heavy atom. The number of hydrogen-bond donors (Lipinski definition) is 2. The van der Waals surface area contributed by atoms with E-state index in [1.54, 1.807) is 38.1 Å². The molecule has 0 bridgehead atoms. The fourth-order valence-electron chi connectivity index (χ4n) is 2.41. The van der Waals surface area contributed by atoms with Gasteiger partial charge in [0.2, 0.25) is 5.91 Å². The summed E-state index contributed by atoms with van der Waals surface area (Å²) in [6, 6.07) is 12.6. The summed E-state index contributed by atoms with van der Waals surface area (Å²) >= 11 is 0. The van der Waals surface area contributed by atoms with Gasteiger partial charge < -0.3 is 10.4 Å². The predicted molar refractivity (Wildman–Crippen MR) is 89.5 cm³/mol. The predicted octanol–water partition coefficient (Wildman–Crippen LogP) is 3.16. The van der Waals surface area contributed by atoms with E-state index < -0.39 is 11.4 Å². The zero-order valence-electron chi connectivity index (χ0n) is 13.7. The Morgan fingerprint density at radius 3 is 2.50 bits per heavy atom. The monoisotopic (exact) mass is 329 g/mol. The summed E-state index contributed by atoms with van der Waals surface area (Å²) in [6.45, 7) is 3.85. The van der Waals surface area contributed by atoms with Crippen molar-refractivity contribution in [1.29, 1.82) is 0 Å². The largest absolute Gasteiger partial charge is 0.478 e. The molecular weight excluding hydrogens is 309 g/mol. The van der Waals surface area contributed by atoms with Crippen LogP contribution in [-0.2, 0) is 16.6 Å². The molecule has 0 unspecified atom stereocenters. The molecule has 2 rings (SSSR count). The number of nitrogens with one attached hydrogen (secondary N) is 1. The van der Waals surface area contributed by atoms with Crippen LogP contribution in [0.1, 0.15) is 35.3 Å². The zero-order chi connectivity index (χ0) is 17.7. The summed E-state index contributed by atoms with van der Waals surface area (Å²) < 4.78 is 13.4. The van der Waals surface area contributed by atoms with Crippen molar-refractivity contribution in [1.82, 2.24) is 5.32 Å². The number of amides is 1. The van der Waals surface area contributed by atoms with Crippen LogP contribution in [0.25, 0.3) is 0 Å². The molecule has 0 aromatic heterocycles. The third-order valence-electron chi connectivity index (χ3n) is 3.99. The Morgan fingerprint density at radius 1 is 1.12 bits per heavy atom. The molecular formula is C19H20FNO3. The lowest BCUT2D eigenvalue weighted by Gasteiger charge is -2.24. The Kier molecular flexibility index (Phi) is 5.34. The molecule has 4 nitrogen and oxygen atoms in total. The van der Waals surface area contributed by atoms with E-state index in [-0.39, 0.29) is 17.3 Å². The minimum absolute atomic E-state index is 0.206. The van der Waals surface area contributed by atoms with Crippen LogP contribution in [0.15, 0.2) is 48.5 Å². The fraction of sp³-hybridized carbons (Fsp3) is 0.263. The number of carboxylic acid groups (broad SMARTS) is 1. The van der Waals surface area contributed by atoms with Crippen LogP contribution < -0.4 is 5.32 Å². The van der Waals surface area contributed by atoms with E-state index in [9.17, 15) is 14.0 Å². The van der Waals surface area contributed by atoms with Gasteiger partial charge in [-0.15, -0.1) is 0 Å². The quantitative estimate of drug-likeness (QED) is 0.855. The number of hydrogen-bond acceptors (Lipinski definition) is 2. The van der Waals surface area contributed by atoms with Gasteiger partial charge in [0.1, 0.15) is 5.82 Å². The molecule has 0 radical (unpaired) electrons. The average Bonchev–Trinajstić information content (AvgIpc) is 2.55. The molecule has 0 spiro atoms. The van der Waals surface area contributed by atoms with Crippen molar-refractivity contribution in [3.8, 4) is 0 Å². The van der Waals surface area contributed by atoms with E-state index in [1.807, 2.05) is 6.07 Å². The van der Waals surface area contributed by atoms with Gasteiger partial charge in [0.15, 0.2) is 0 Å². The molecule has 0 aliphatic heterocycles. The molecule has 5 heteroatoms. The number of carboxylic acids is 1. The maximum Gasteiger partial charge on any atom is 0.335 e. The van der Waals surface area contributed by atoms with Crippen LogP contribution in [0.4, 0.5) is 4.39 Å². The summed E-state index contributed by atoms with van der Waals surface area (Å²) in [5, 5.41) is 11.8. The number of benzene rings is 2. The van der Waals surface area contributed by atoms with Gasteiger partial charge >= 0.3 is 5.97 Å². The molecule has 24 heavy (non-hydrogen) atoms. The highest BCUT2D eigenvalue weighted by Gasteiger charge is 2.29. The maximum absolute atomic E-state index is 13.4. The molecule has 0 atom stereocenters. The fourth-order valence-corrected chi connectivity index (χ4v) is 2.41. The molecule has 2 aromatic rings. The summed E-state index contributed by atoms with van der Waals surface area (Å²) in [5.41, 5.74) is 0.802. The first-order chi connectivity index (χ1) is 11.3. The molecule has 126 valence electrons. The molecule has 2 aromatic carbocycles. The van der Waals surface area contributed by atoms with Crippen LogP contribution in [0.5, 0.6) is 0 Å². The molecule has 0 heterocycles. The summed E-state index contributed by atoms with van der Waals surface area (Å²) in [6.07, 6.45) is 0.520. The average molecular weight is 329 g/mol. The van der Waals surface area contributed by atoms with Crippen LogP contribution in [0.2, 0.25) is 0 Å². The van der Waals surface area contributed by atoms with E-state index >= 15 is 0 Å². The van der Waals surface area contributed by atoms with Gasteiger partial charge in [0, 0.05) is 6.54 Å². The van der Waals surface area contributed by atoms with Crippen molar-refractivity contribution in [2.45, 2.75) is 25.7 Å². The van der Waals surface area contributed by atoms with Crippen molar-refractivity contribution in [3.05, 3.63) is 71.0 Å². The van der Waals surface area contributed by atoms with Gasteiger partial charge in [-0.05, 0) is 55.7 Å². The SMILES string of the molecule is CC(C)(C(=O)NCCc1cccc(C(=O)O)c1)c1cccc(F)c1. The lowest BCUT2D eigenvalue weighted by molar-refractivity contribution is -0.125. The van der Waals surface area contributed by atoms with Crippen LogP contribution >= 0.6 is 0 Å². The van der Waals surface area contributed by atoms with Crippen molar-refractivity contribution < 1.29 is 19.1 Å².